The first kappa shape index (κ1) is 16.8. The van der Waals surface area contributed by atoms with E-state index in [9.17, 15) is 8.42 Å². The summed E-state index contributed by atoms with van der Waals surface area (Å²) in [5.74, 6) is 0.485. The van der Waals surface area contributed by atoms with Crippen molar-refractivity contribution in [3.63, 3.8) is 0 Å². The number of benzene rings is 1. The largest absolute Gasteiger partial charge is 0.367 e. The summed E-state index contributed by atoms with van der Waals surface area (Å²) in [5, 5.41) is 3.39. The van der Waals surface area contributed by atoms with E-state index < -0.39 is 9.84 Å². The molecule has 0 bridgehead atoms. The van der Waals surface area contributed by atoms with Crippen molar-refractivity contribution in [2.45, 2.75) is 32.9 Å². The fraction of sp³-hybridized carbons (Fsp3) is 0.600. The normalized spacial score (nSPS) is 21.5. The minimum Gasteiger partial charge on any atom is -0.367 e. The van der Waals surface area contributed by atoms with E-state index in [1.807, 2.05) is 6.92 Å². The lowest BCUT2D eigenvalue weighted by Crippen LogP contribution is -2.47. The molecule has 4 nitrogen and oxygen atoms in total. The van der Waals surface area contributed by atoms with Crippen molar-refractivity contribution in [2.75, 3.05) is 29.5 Å². The fourth-order valence-electron chi connectivity index (χ4n) is 2.64. The topological polar surface area (TPSA) is 49.4 Å². The fourth-order valence-corrected chi connectivity index (χ4v) is 4.70. The van der Waals surface area contributed by atoms with E-state index in [-0.39, 0.29) is 17.5 Å². The number of hydrogen-bond acceptors (Lipinski definition) is 4. The third-order valence-corrected chi connectivity index (χ3v) is 6.31. The molecule has 1 aromatic rings. The maximum atomic E-state index is 11.7. The summed E-state index contributed by atoms with van der Waals surface area (Å²) in [5.41, 5.74) is 2.31. The molecular weight excluding hydrogens is 352 g/mol. The number of anilines is 1. The number of nitrogens with one attached hydrogen (secondary N) is 1. The first-order chi connectivity index (χ1) is 9.93. The zero-order valence-corrected chi connectivity index (χ0v) is 15.0. The van der Waals surface area contributed by atoms with E-state index in [1.165, 1.54) is 5.56 Å². The second-order valence-electron chi connectivity index (χ2n) is 5.61. The van der Waals surface area contributed by atoms with Crippen LogP contribution < -0.4 is 10.2 Å². The van der Waals surface area contributed by atoms with Gasteiger partial charge in [-0.15, -0.1) is 0 Å². The lowest BCUT2D eigenvalue weighted by Gasteiger charge is -2.35. The summed E-state index contributed by atoms with van der Waals surface area (Å²) in [6.07, 6.45) is 1.12. The molecule has 6 heteroatoms. The molecule has 1 saturated heterocycles. The standard InChI is InChI=1S/C15H23BrN2O2S/c1-3-6-17-10-13-4-5-14(9-15(13)16)18-7-8-21(19,20)11-12(18)2/h4-5,9,12,17H,3,6-8,10-11H2,1-2H3. The predicted octanol–water partition coefficient (Wildman–Crippen LogP) is 2.57. The minimum atomic E-state index is -2.87. The third-order valence-electron chi connectivity index (χ3n) is 3.78. The van der Waals surface area contributed by atoms with Gasteiger partial charge in [0, 0.05) is 29.3 Å². The number of halogens is 1. The molecule has 0 spiro atoms. The van der Waals surface area contributed by atoms with Gasteiger partial charge >= 0.3 is 0 Å². The highest BCUT2D eigenvalue weighted by molar-refractivity contribution is 9.10. The van der Waals surface area contributed by atoms with Crippen molar-refractivity contribution in [3.05, 3.63) is 28.2 Å². The first-order valence-electron chi connectivity index (χ1n) is 7.39. The predicted molar refractivity (Wildman–Crippen MR) is 91.6 cm³/mol. The van der Waals surface area contributed by atoms with Crippen molar-refractivity contribution in [2.24, 2.45) is 0 Å². The van der Waals surface area contributed by atoms with Crippen LogP contribution in [0.3, 0.4) is 0 Å². The maximum absolute atomic E-state index is 11.7. The van der Waals surface area contributed by atoms with E-state index >= 15 is 0 Å². The molecule has 1 aliphatic heterocycles. The molecule has 1 fully saturated rings. The summed E-state index contributed by atoms with van der Waals surface area (Å²) < 4.78 is 24.4. The minimum absolute atomic E-state index is 0.0275. The Morgan fingerprint density at radius 2 is 2.19 bits per heavy atom. The third kappa shape index (κ3) is 4.44. The van der Waals surface area contributed by atoms with Crippen LogP contribution >= 0.6 is 15.9 Å². The Bertz CT molecular complexity index is 589. The van der Waals surface area contributed by atoms with E-state index in [0.717, 1.165) is 29.7 Å². The number of sulfone groups is 1. The van der Waals surface area contributed by atoms with Crippen LogP contribution in [0.25, 0.3) is 0 Å². The van der Waals surface area contributed by atoms with Gasteiger partial charge in [-0.2, -0.15) is 0 Å². The van der Waals surface area contributed by atoms with Crippen LogP contribution in [-0.4, -0.2) is 39.1 Å². The lowest BCUT2D eigenvalue weighted by atomic mass is 10.1. The number of rotatable bonds is 5. The Hall–Kier alpha value is -0.590. The number of nitrogens with zero attached hydrogens (tertiary/aromatic N) is 1. The van der Waals surface area contributed by atoms with Crippen LogP contribution in [0, 0.1) is 0 Å². The maximum Gasteiger partial charge on any atom is 0.154 e. The lowest BCUT2D eigenvalue weighted by molar-refractivity contribution is 0.568. The van der Waals surface area contributed by atoms with E-state index in [0.29, 0.717) is 6.54 Å². The molecule has 21 heavy (non-hydrogen) atoms. The average molecular weight is 375 g/mol. The molecule has 0 amide bonds. The molecule has 0 aromatic heterocycles. The van der Waals surface area contributed by atoms with E-state index in [4.69, 9.17) is 0 Å². The highest BCUT2D eigenvalue weighted by atomic mass is 79.9. The average Bonchev–Trinajstić information content (AvgIpc) is 2.40. The van der Waals surface area contributed by atoms with Gasteiger partial charge < -0.3 is 10.2 Å². The molecule has 1 aliphatic rings. The molecule has 0 saturated carbocycles. The second-order valence-corrected chi connectivity index (χ2v) is 8.69. The molecule has 1 heterocycles. The number of hydrogen-bond donors (Lipinski definition) is 1. The summed E-state index contributed by atoms with van der Waals surface area (Å²) >= 11 is 3.62. The molecular formula is C15H23BrN2O2S. The summed E-state index contributed by atoms with van der Waals surface area (Å²) in [6, 6.07) is 6.32. The van der Waals surface area contributed by atoms with Crippen LogP contribution in [0.1, 0.15) is 25.8 Å². The Labute approximate surface area is 136 Å². The van der Waals surface area contributed by atoms with Gasteiger partial charge in [0.15, 0.2) is 9.84 Å². The molecule has 0 aliphatic carbocycles. The Morgan fingerprint density at radius 1 is 1.43 bits per heavy atom. The Kier molecular flexibility index (Phi) is 5.68. The highest BCUT2D eigenvalue weighted by Gasteiger charge is 2.28. The van der Waals surface area contributed by atoms with Crippen molar-refractivity contribution in [1.29, 1.82) is 0 Å². The van der Waals surface area contributed by atoms with Crippen molar-refractivity contribution in [1.82, 2.24) is 5.32 Å². The van der Waals surface area contributed by atoms with Gasteiger partial charge in [-0.25, -0.2) is 8.42 Å². The summed E-state index contributed by atoms with van der Waals surface area (Å²) in [7, 11) is -2.87. The monoisotopic (exact) mass is 374 g/mol. The molecule has 1 aromatic carbocycles. The van der Waals surface area contributed by atoms with Crippen LogP contribution in [0.2, 0.25) is 0 Å². The Balaban J connectivity index is 2.09. The molecule has 0 radical (unpaired) electrons. The molecule has 1 unspecified atom stereocenters. The summed E-state index contributed by atoms with van der Waals surface area (Å²) in [4.78, 5) is 2.18. The smallest absolute Gasteiger partial charge is 0.154 e. The van der Waals surface area contributed by atoms with Gasteiger partial charge in [-0.05, 0) is 37.6 Å². The first-order valence-corrected chi connectivity index (χ1v) is 10.0. The van der Waals surface area contributed by atoms with Crippen molar-refractivity contribution < 1.29 is 8.42 Å². The van der Waals surface area contributed by atoms with Gasteiger partial charge in [-0.3, -0.25) is 0 Å². The van der Waals surface area contributed by atoms with E-state index in [2.05, 4.69) is 51.3 Å². The second kappa shape index (κ2) is 7.11. The molecule has 1 atom stereocenters. The SMILES string of the molecule is CCCNCc1ccc(N2CCS(=O)(=O)CC2C)cc1Br. The molecule has 1 N–H and O–H groups in total. The molecule has 118 valence electrons. The van der Waals surface area contributed by atoms with Crippen molar-refractivity contribution in [3.8, 4) is 0 Å². The zero-order chi connectivity index (χ0) is 15.5. The van der Waals surface area contributed by atoms with Gasteiger partial charge in [-0.1, -0.05) is 28.9 Å². The van der Waals surface area contributed by atoms with Gasteiger partial charge in [0.1, 0.15) is 0 Å². The molecule has 2 rings (SSSR count). The quantitative estimate of drug-likeness (QED) is 0.804. The van der Waals surface area contributed by atoms with E-state index in [1.54, 1.807) is 0 Å². The van der Waals surface area contributed by atoms with Gasteiger partial charge in [0.25, 0.3) is 0 Å². The van der Waals surface area contributed by atoms with Crippen molar-refractivity contribution >= 4 is 31.5 Å². The van der Waals surface area contributed by atoms with Gasteiger partial charge in [0.2, 0.25) is 0 Å². The van der Waals surface area contributed by atoms with Crippen LogP contribution in [0.4, 0.5) is 5.69 Å². The van der Waals surface area contributed by atoms with Crippen LogP contribution in [-0.2, 0) is 16.4 Å². The zero-order valence-electron chi connectivity index (χ0n) is 12.6. The van der Waals surface area contributed by atoms with Crippen LogP contribution in [0.15, 0.2) is 22.7 Å². The highest BCUT2D eigenvalue weighted by Crippen LogP contribution is 2.27. The van der Waals surface area contributed by atoms with Crippen LogP contribution in [0.5, 0.6) is 0 Å². The Morgan fingerprint density at radius 3 is 2.81 bits per heavy atom. The van der Waals surface area contributed by atoms with Gasteiger partial charge in [0.05, 0.1) is 11.5 Å². The summed E-state index contributed by atoms with van der Waals surface area (Å²) in [6.45, 7) is 6.55.